The largest absolute Gasteiger partial charge is 0.307 e. The number of benzene rings is 1. The molecule has 0 heterocycles. The first-order valence-corrected chi connectivity index (χ1v) is 7.94. The third-order valence-electron chi connectivity index (χ3n) is 4.68. The topological polar surface area (TPSA) is 12.0 Å². The predicted octanol–water partition coefficient (Wildman–Crippen LogP) is 5.04. The molecular formula is C18H29N. The molecule has 3 unspecified atom stereocenters. The molecule has 1 fully saturated rings. The van der Waals surface area contributed by atoms with Crippen molar-refractivity contribution in [3.63, 3.8) is 0 Å². The molecule has 3 atom stereocenters. The number of hydrogen-bond donors (Lipinski definition) is 1. The van der Waals surface area contributed by atoms with Crippen molar-refractivity contribution in [2.75, 3.05) is 0 Å². The molecule has 1 heteroatoms. The van der Waals surface area contributed by atoms with Crippen LogP contribution in [0.2, 0.25) is 0 Å². The Balaban J connectivity index is 1.97. The van der Waals surface area contributed by atoms with E-state index in [4.69, 9.17) is 0 Å². The monoisotopic (exact) mass is 259 g/mol. The Hall–Kier alpha value is -0.820. The van der Waals surface area contributed by atoms with E-state index >= 15 is 0 Å². The predicted molar refractivity (Wildman–Crippen MR) is 83.5 cm³/mol. The highest BCUT2D eigenvalue weighted by atomic mass is 15.0. The summed E-state index contributed by atoms with van der Waals surface area (Å²) in [5.41, 5.74) is 2.85. The Morgan fingerprint density at radius 1 is 0.947 bits per heavy atom. The summed E-state index contributed by atoms with van der Waals surface area (Å²) in [5.74, 6) is 1.45. The molecule has 0 amide bonds. The third-order valence-corrected chi connectivity index (χ3v) is 4.68. The van der Waals surface area contributed by atoms with Gasteiger partial charge in [0.05, 0.1) is 0 Å². The first-order chi connectivity index (χ1) is 9.08. The summed E-state index contributed by atoms with van der Waals surface area (Å²) in [6, 6.07) is 10.3. The van der Waals surface area contributed by atoms with Crippen LogP contribution < -0.4 is 5.32 Å². The molecule has 1 aromatic rings. The summed E-state index contributed by atoms with van der Waals surface area (Å²) >= 11 is 0. The zero-order valence-electron chi connectivity index (χ0n) is 12.9. The number of rotatable bonds is 4. The maximum absolute atomic E-state index is 3.83. The molecular weight excluding hydrogens is 230 g/mol. The number of hydrogen-bond acceptors (Lipinski definition) is 1. The molecule has 1 aromatic carbocycles. The van der Waals surface area contributed by atoms with E-state index in [9.17, 15) is 0 Å². The standard InChI is InChI=1S/C18H29N/c1-13(2)16-9-11-17(12-10-16)15(4)19-18-8-6-5-7-14(18)3/h9-15,18-19H,5-8H2,1-4H3. The van der Waals surface area contributed by atoms with Crippen molar-refractivity contribution < 1.29 is 0 Å². The molecule has 1 aliphatic rings. The van der Waals surface area contributed by atoms with Gasteiger partial charge in [0, 0.05) is 12.1 Å². The molecule has 0 spiro atoms. The van der Waals surface area contributed by atoms with E-state index in [-0.39, 0.29) is 0 Å². The quantitative estimate of drug-likeness (QED) is 0.799. The third kappa shape index (κ3) is 3.82. The van der Waals surface area contributed by atoms with Crippen LogP contribution in [-0.4, -0.2) is 6.04 Å². The molecule has 1 N–H and O–H groups in total. The first kappa shape index (κ1) is 14.6. The van der Waals surface area contributed by atoms with Crippen molar-refractivity contribution in [3.8, 4) is 0 Å². The van der Waals surface area contributed by atoms with Crippen molar-refractivity contribution in [2.24, 2.45) is 5.92 Å². The van der Waals surface area contributed by atoms with Gasteiger partial charge in [-0.3, -0.25) is 0 Å². The van der Waals surface area contributed by atoms with E-state index < -0.39 is 0 Å². The number of nitrogens with one attached hydrogen (secondary N) is 1. The van der Waals surface area contributed by atoms with Gasteiger partial charge in [-0.15, -0.1) is 0 Å². The van der Waals surface area contributed by atoms with Crippen LogP contribution in [0.25, 0.3) is 0 Å². The van der Waals surface area contributed by atoms with Gasteiger partial charge in [0.25, 0.3) is 0 Å². The van der Waals surface area contributed by atoms with E-state index in [2.05, 4.69) is 57.3 Å². The lowest BCUT2D eigenvalue weighted by Gasteiger charge is -2.32. The lowest BCUT2D eigenvalue weighted by molar-refractivity contribution is 0.263. The summed E-state index contributed by atoms with van der Waals surface area (Å²) in [6.07, 6.45) is 5.53. The van der Waals surface area contributed by atoms with Gasteiger partial charge < -0.3 is 5.32 Å². The van der Waals surface area contributed by atoms with Crippen molar-refractivity contribution in [1.82, 2.24) is 5.32 Å². The molecule has 2 rings (SSSR count). The second kappa shape index (κ2) is 6.56. The highest BCUT2D eigenvalue weighted by Gasteiger charge is 2.22. The van der Waals surface area contributed by atoms with Crippen LogP contribution >= 0.6 is 0 Å². The van der Waals surface area contributed by atoms with E-state index in [1.807, 2.05) is 0 Å². The SMILES string of the molecule is CC(C)c1ccc(C(C)NC2CCCCC2C)cc1. The Morgan fingerprint density at radius 2 is 1.53 bits per heavy atom. The van der Waals surface area contributed by atoms with Crippen LogP contribution in [0.5, 0.6) is 0 Å². The zero-order valence-corrected chi connectivity index (χ0v) is 12.9. The Bertz CT molecular complexity index is 379. The van der Waals surface area contributed by atoms with Crippen LogP contribution in [-0.2, 0) is 0 Å². The summed E-state index contributed by atoms with van der Waals surface area (Å²) in [5, 5.41) is 3.83. The lowest BCUT2D eigenvalue weighted by atomic mass is 9.85. The molecule has 0 bridgehead atoms. The maximum Gasteiger partial charge on any atom is 0.0294 e. The van der Waals surface area contributed by atoms with E-state index in [0.29, 0.717) is 18.0 Å². The van der Waals surface area contributed by atoms with Crippen LogP contribution in [0, 0.1) is 5.92 Å². The maximum atomic E-state index is 3.83. The summed E-state index contributed by atoms with van der Waals surface area (Å²) in [6.45, 7) is 9.19. The molecule has 0 saturated heterocycles. The fraction of sp³-hybridized carbons (Fsp3) is 0.667. The van der Waals surface area contributed by atoms with Crippen molar-refractivity contribution in [2.45, 2.75) is 71.4 Å². The van der Waals surface area contributed by atoms with Gasteiger partial charge in [0.15, 0.2) is 0 Å². The van der Waals surface area contributed by atoms with Crippen molar-refractivity contribution >= 4 is 0 Å². The fourth-order valence-corrected chi connectivity index (χ4v) is 3.15. The fourth-order valence-electron chi connectivity index (χ4n) is 3.15. The molecule has 0 radical (unpaired) electrons. The smallest absolute Gasteiger partial charge is 0.0294 e. The van der Waals surface area contributed by atoms with Gasteiger partial charge >= 0.3 is 0 Å². The lowest BCUT2D eigenvalue weighted by Crippen LogP contribution is -2.38. The molecule has 106 valence electrons. The normalized spacial score (nSPS) is 25.5. The summed E-state index contributed by atoms with van der Waals surface area (Å²) in [4.78, 5) is 0. The van der Waals surface area contributed by atoms with Gasteiger partial charge in [0.1, 0.15) is 0 Å². The first-order valence-electron chi connectivity index (χ1n) is 7.94. The van der Waals surface area contributed by atoms with Gasteiger partial charge in [-0.25, -0.2) is 0 Å². The zero-order chi connectivity index (χ0) is 13.8. The van der Waals surface area contributed by atoms with Crippen LogP contribution in [0.4, 0.5) is 0 Å². The average molecular weight is 259 g/mol. The van der Waals surface area contributed by atoms with Crippen LogP contribution in [0.15, 0.2) is 24.3 Å². The average Bonchev–Trinajstić information content (AvgIpc) is 2.41. The minimum absolute atomic E-state index is 0.465. The summed E-state index contributed by atoms with van der Waals surface area (Å²) in [7, 11) is 0. The van der Waals surface area contributed by atoms with Gasteiger partial charge in [0.2, 0.25) is 0 Å². The van der Waals surface area contributed by atoms with Gasteiger partial charge in [-0.1, -0.05) is 57.9 Å². The van der Waals surface area contributed by atoms with Crippen LogP contribution in [0.1, 0.15) is 76.5 Å². The second-order valence-electron chi connectivity index (χ2n) is 6.58. The van der Waals surface area contributed by atoms with Gasteiger partial charge in [-0.05, 0) is 42.7 Å². The Labute approximate surface area is 118 Å². The van der Waals surface area contributed by atoms with E-state index in [0.717, 1.165) is 5.92 Å². The minimum atomic E-state index is 0.465. The van der Waals surface area contributed by atoms with Gasteiger partial charge in [-0.2, -0.15) is 0 Å². The molecule has 1 aliphatic carbocycles. The molecule has 0 aliphatic heterocycles. The van der Waals surface area contributed by atoms with Crippen molar-refractivity contribution in [1.29, 1.82) is 0 Å². The molecule has 19 heavy (non-hydrogen) atoms. The van der Waals surface area contributed by atoms with Crippen molar-refractivity contribution in [3.05, 3.63) is 35.4 Å². The second-order valence-corrected chi connectivity index (χ2v) is 6.58. The Kier molecular flexibility index (Phi) is 5.04. The minimum Gasteiger partial charge on any atom is -0.307 e. The highest BCUT2D eigenvalue weighted by molar-refractivity contribution is 5.26. The summed E-state index contributed by atoms with van der Waals surface area (Å²) < 4.78 is 0. The van der Waals surface area contributed by atoms with Crippen LogP contribution in [0.3, 0.4) is 0 Å². The van der Waals surface area contributed by atoms with E-state index in [1.54, 1.807) is 0 Å². The highest BCUT2D eigenvalue weighted by Crippen LogP contribution is 2.26. The Morgan fingerprint density at radius 3 is 2.11 bits per heavy atom. The molecule has 1 nitrogen and oxygen atoms in total. The molecule has 0 aromatic heterocycles. The van der Waals surface area contributed by atoms with E-state index in [1.165, 1.54) is 36.8 Å². The molecule has 1 saturated carbocycles.